The van der Waals surface area contributed by atoms with E-state index >= 15 is 0 Å². The Labute approximate surface area is 361 Å². The molecule has 10 nitrogen and oxygen atoms in total. The second kappa shape index (κ2) is 36.8. The molecule has 1 N–H and O–H groups in total. The molecule has 1 fully saturated rings. The lowest BCUT2D eigenvalue weighted by atomic mass is 10.0. The van der Waals surface area contributed by atoms with E-state index in [0.29, 0.717) is 36.1 Å². The van der Waals surface area contributed by atoms with E-state index in [4.69, 9.17) is 23.3 Å². The van der Waals surface area contributed by atoms with E-state index in [1.165, 1.54) is 116 Å². The summed E-state index contributed by atoms with van der Waals surface area (Å²) in [6.07, 6.45) is 43.7. The quantitative estimate of drug-likeness (QED) is 0.0160. The largest absolute Gasteiger partial charge is 0.472 e. The van der Waals surface area contributed by atoms with Crippen LogP contribution >= 0.6 is 7.82 Å². The summed E-state index contributed by atoms with van der Waals surface area (Å²) in [7, 11) is 1.44. The summed E-state index contributed by atoms with van der Waals surface area (Å²) in [5, 5.41) is 0. The van der Waals surface area contributed by atoms with Crippen LogP contribution in [-0.4, -0.2) is 87.1 Å². The van der Waals surface area contributed by atoms with Crippen LogP contribution < -0.4 is 0 Å². The maximum Gasteiger partial charge on any atom is 0.472 e. The van der Waals surface area contributed by atoms with Gasteiger partial charge in [0.2, 0.25) is 0 Å². The van der Waals surface area contributed by atoms with E-state index in [-0.39, 0.29) is 32.0 Å². The molecule has 1 aliphatic heterocycles. The summed E-state index contributed by atoms with van der Waals surface area (Å²) in [6, 6.07) is 0. The molecule has 4 atom stereocenters. The van der Waals surface area contributed by atoms with Gasteiger partial charge in [0.1, 0.15) is 19.8 Å². The molecule has 1 rings (SSSR count). The highest BCUT2D eigenvalue weighted by Gasteiger charge is 2.36. The number of carbonyl (C=O) groups excluding carboxylic acids is 2. The molecule has 0 saturated carbocycles. The number of rotatable bonds is 42. The second-order valence-electron chi connectivity index (χ2n) is 17.5. The summed E-state index contributed by atoms with van der Waals surface area (Å²) >= 11 is 0. The van der Waals surface area contributed by atoms with Gasteiger partial charge in [-0.2, -0.15) is 0 Å². The van der Waals surface area contributed by atoms with Gasteiger partial charge in [-0.25, -0.2) is 4.57 Å². The number of unbranched alkanes of at least 4 members (excludes halogenated alkanes) is 19. The van der Waals surface area contributed by atoms with Gasteiger partial charge in [0.15, 0.2) is 6.10 Å². The van der Waals surface area contributed by atoms with E-state index in [1.807, 2.05) is 27.2 Å². The van der Waals surface area contributed by atoms with Crippen LogP contribution in [0.25, 0.3) is 0 Å². The molecule has 0 aromatic carbocycles. The lowest BCUT2D eigenvalue weighted by Crippen LogP contribution is -2.37. The fourth-order valence-electron chi connectivity index (χ4n) is 6.75. The van der Waals surface area contributed by atoms with E-state index in [0.717, 1.165) is 38.5 Å². The van der Waals surface area contributed by atoms with Crippen LogP contribution in [0.4, 0.5) is 0 Å². The van der Waals surface area contributed by atoms with Gasteiger partial charge in [0, 0.05) is 12.8 Å². The number of carbonyl (C=O) groups is 2. The molecule has 3 unspecified atom stereocenters. The van der Waals surface area contributed by atoms with Crippen LogP contribution in [0, 0.1) is 0 Å². The van der Waals surface area contributed by atoms with Crippen molar-refractivity contribution in [3.8, 4) is 0 Å². The number of esters is 2. The number of allylic oxidation sites excluding steroid dienone is 5. The molecular formula is C48H89NO9P+. The summed E-state index contributed by atoms with van der Waals surface area (Å²) in [5.74, 6) is -0.863. The number of ether oxygens (including phenoxy) is 3. The molecule has 0 aliphatic carbocycles. The number of nitrogens with zero attached hydrogens (tertiary/aromatic N) is 1. The van der Waals surface area contributed by atoms with Crippen molar-refractivity contribution >= 4 is 19.8 Å². The highest BCUT2D eigenvalue weighted by atomic mass is 31.2. The Morgan fingerprint density at radius 3 is 1.71 bits per heavy atom. The fourth-order valence-corrected chi connectivity index (χ4v) is 7.49. The molecule has 0 aromatic heterocycles. The minimum atomic E-state index is -4.39. The molecule has 59 heavy (non-hydrogen) atoms. The summed E-state index contributed by atoms with van der Waals surface area (Å²) in [4.78, 5) is 35.4. The van der Waals surface area contributed by atoms with Crippen LogP contribution in [0.5, 0.6) is 0 Å². The maximum absolute atomic E-state index is 12.7. The van der Waals surface area contributed by atoms with Gasteiger partial charge in [-0.3, -0.25) is 18.6 Å². The molecule has 0 spiro atoms. The van der Waals surface area contributed by atoms with Crippen molar-refractivity contribution in [2.45, 2.75) is 212 Å². The number of phosphoric acid groups is 1. The minimum absolute atomic E-state index is 0.0201. The Morgan fingerprint density at radius 2 is 1.14 bits per heavy atom. The van der Waals surface area contributed by atoms with E-state index in [2.05, 4.69) is 44.2 Å². The Hall–Kier alpha value is -1.81. The summed E-state index contributed by atoms with van der Waals surface area (Å²) in [6.45, 7) is 4.34. The molecule has 0 aromatic rings. The average Bonchev–Trinajstić information content (AvgIpc) is 3.94. The van der Waals surface area contributed by atoms with Crippen LogP contribution in [0.1, 0.15) is 194 Å². The number of quaternary nitrogens is 1. The van der Waals surface area contributed by atoms with Gasteiger partial charge in [-0.1, -0.05) is 172 Å². The first kappa shape index (κ1) is 55.2. The summed E-state index contributed by atoms with van der Waals surface area (Å²) < 4.78 is 40.1. The lowest BCUT2D eigenvalue weighted by molar-refractivity contribution is -0.870. The van der Waals surface area contributed by atoms with E-state index in [9.17, 15) is 19.0 Å². The fraction of sp³-hybridized carbons (Fsp3) is 0.833. The first-order chi connectivity index (χ1) is 28.5. The van der Waals surface area contributed by atoms with Gasteiger partial charge in [-0.05, 0) is 44.9 Å². The van der Waals surface area contributed by atoms with Crippen molar-refractivity contribution in [3.05, 3.63) is 36.5 Å². The molecule has 0 amide bonds. The average molecular weight is 855 g/mol. The first-order valence-corrected chi connectivity index (χ1v) is 25.3. The topological polar surface area (TPSA) is 121 Å². The van der Waals surface area contributed by atoms with Crippen molar-refractivity contribution in [3.63, 3.8) is 0 Å². The number of likely N-dealkylation sites (N-methyl/N-ethyl adjacent to an activating group) is 1. The SMILES string of the molecule is CCCCCCCCCCCCCCCCCCCC(=O)OC[C@H](COP(=O)(O)OCC[N+](C)(C)C)OC(=O)CCC/C=C\C/C=C\C/C=C\CC1OC1CCCCC. The zero-order valence-corrected chi connectivity index (χ0v) is 39.3. The number of epoxide rings is 1. The molecular weight excluding hydrogens is 765 g/mol. The normalized spacial score (nSPS) is 17.3. The van der Waals surface area contributed by atoms with E-state index in [1.54, 1.807) is 0 Å². The number of hydrogen-bond acceptors (Lipinski definition) is 8. The zero-order chi connectivity index (χ0) is 43.3. The van der Waals surface area contributed by atoms with Crippen molar-refractivity contribution < 1.29 is 46.8 Å². The predicted molar refractivity (Wildman–Crippen MR) is 242 cm³/mol. The molecule has 1 heterocycles. The Kier molecular flexibility index (Phi) is 34.4. The first-order valence-electron chi connectivity index (χ1n) is 23.8. The van der Waals surface area contributed by atoms with Crippen LogP contribution in [0.3, 0.4) is 0 Å². The van der Waals surface area contributed by atoms with Crippen molar-refractivity contribution in [2.75, 3.05) is 47.5 Å². The van der Waals surface area contributed by atoms with Crippen molar-refractivity contribution in [1.82, 2.24) is 0 Å². The Morgan fingerprint density at radius 1 is 0.627 bits per heavy atom. The van der Waals surface area contributed by atoms with Crippen LogP contribution in [0.2, 0.25) is 0 Å². The predicted octanol–water partition coefficient (Wildman–Crippen LogP) is 12.7. The third kappa shape index (κ3) is 37.7. The van der Waals surface area contributed by atoms with Crippen molar-refractivity contribution in [2.24, 2.45) is 0 Å². The second-order valence-corrected chi connectivity index (χ2v) is 19.0. The highest BCUT2D eigenvalue weighted by Crippen LogP contribution is 2.43. The monoisotopic (exact) mass is 855 g/mol. The maximum atomic E-state index is 12.7. The van der Waals surface area contributed by atoms with Crippen LogP contribution in [-0.2, 0) is 37.4 Å². The zero-order valence-electron chi connectivity index (χ0n) is 38.4. The van der Waals surface area contributed by atoms with Gasteiger partial charge in [0.25, 0.3) is 0 Å². The van der Waals surface area contributed by atoms with Crippen LogP contribution in [0.15, 0.2) is 36.5 Å². The molecule has 11 heteroatoms. The van der Waals surface area contributed by atoms with Gasteiger partial charge in [-0.15, -0.1) is 0 Å². The number of phosphoric ester groups is 1. The van der Waals surface area contributed by atoms with Gasteiger partial charge in [0.05, 0.1) is 40.0 Å². The molecule has 0 radical (unpaired) electrons. The van der Waals surface area contributed by atoms with E-state index < -0.39 is 26.5 Å². The molecule has 1 saturated heterocycles. The smallest absolute Gasteiger partial charge is 0.462 e. The van der Waals surface area contributed by atoms with Gasteiger partial charge < -0.3 is 23.6 Å². The third-order valence-electron chi connectivity index (χ3n) is 10.6. The minimum Gasteiger partial charge on any atom is -0.462 e. The molecule has 1 aliphatic rings. The molecule has 344 valence electrons. The summed E-state index contributed by atoms with van der Waals surface area (Å²) in [5.41, 5.74) is 0. The Bertz CT molecular complexity index is 1170. The third-order valence-corrected chi connectivity index (χ3v) is 11.6. The Balaban J connectivity index is 2.28. The lowest BCUT2D eigenvalue weighted by Gasteiger charge is -2.24. The highest BCUT2D eigenvalue weighted by molar-refractivity contribution is 7.47. The standard InChI is InChI=1S/C48H88NO9P/c1-6-8-10-11-12-13-14-15-16-17-18-19-20-24-27-30-34-38-47(50)54-42-44(43-56-59(52,53)55-41-40-49(3,4)5)57-48(51)39-35-31-28-25-22-21-23-26-29-33-37-46-45(58-46)36-32-9-7-2/h21,23,25,28-29,33,44-46H,6-20,22,24,26-27,30-32,34-43H2,1-5H3/p+1/b23-21-,28-25-,33-29-/t44-,45?,46?/m1/s1. The molecule has 0 bridgehead atoms. The van der Waals surface area contributed by atoms with Crippen molar-refractivity contribution in [1.29, 1.82) is 0 Å². The van der Waals surface area contributed by atoms with Gasteiger partial charge >= 0.3 is 19.8 Å². The number of hydrogen-bond donors (Lipinski definition) is 1.